The number of amides is 2. The minimum atomic E-state index is -0.424. The molecule has 2 amide bonds. The van der Waals surface area contributed by atoms with Crippen LogP contribution < -0.4 is 19.7 Å². The second kappa shape index (κ2) is 11.3. The zero-order chi connectivity index (χ0) is 24.9. The highest BCUT2D eigenvalue weighted by atomic mass is 35.5. The second-order valence-electron chi connectivity index (χ2n) is 8.13. The van der Waals surface area contributed by atoms with E-state index in [4.69, 9.17) is 32.7 Å². The lowest BCUT2D eigenvalue weighted by atomic mass is 9.95. The molecule has 0 aliphatic heterocycles. The molecular weight excluding hydrogens is 509 g/mol. The average Bonchev–Trinajstić information content (AvgIpc) is 3.34. The van der Waals surface area contributed by atoms with Crippen LogP contribution in [-0.4, -0.2) is 37.1 Å². The Kier molecular flexibility index (Phi) is 8.15. The number of rotatable bonds is 7. The predicted molar refractivity (Wildman–Crippen MR) is 139 cm³/mol. The van der Waals surface area contributed by atoms with Crippen molar-refractivity contribution in [3.05, 3.63) is 63.1 Å². The van der Waals surface area contributed by atoms with Gasteiger partial charge < -0.3 is 14.8 Å². The summed E-state index contributed by atoms with van der Waals surface area (Å²) in [5, 5.41) is 5.66. The molecule has 7 nitrogen and oxygen atoms in total. The van der Waals surface area contributed by atoms with Gasteiger partial charge in [-0.3, -0.25) is 14.5 Å². The fourth-order valence-electron chi connectivity index (χ4n) is 4.04. The highest BCUT2D eigenvalue weighted by molar-refractivity contribution is 7.14. The van der Waals surface area contributed by atoms with Gasteiger partial charge in [0.1, 0.15) is 5.69 Å². The molecule has 0 unspecified atom stereocenters. The number of benzene rings is 2. The zero-order valence-electron chi connectivity index (χ0n) is 19.3. The van der Waals surface area contributed by atoms with E-state index in [-0.39, 0.29) is 28.2 Å². The molecule has 0 spiro atoms. The van der Waals surface area contributed by atoms with Gasteiger partial charge in [-0.1, -0.05) is 42.5 Å². The molecule has 1 aliphatic rings. The van der Waals surface area contributed by atoms with Crippen molar-refractivity contribution in [1.29, 1.82) is 0 Å². The molecule has 1 saturated carbocycles. The Hall–Kier alpha value is -2.81. The van der Waals surface area contributed by atoms with Crippen molar-refractivity contribution in [2.24, 2.45) is 0 Å². The Morgan fingerprint density at radius 1 is 1.03 bits per heavy atom. The molecule has 4 rings (SSSR count). The van der Waals surface area contributed by atoms with Gasteiger partial charge in [0.05, 0.1) is 30.5 Å². The Bertz CT molecular complexity index is 1230. The fourth-order valence-corrected chi connectivity index (χ4v) is 5.35. The molecule has 1 aliphatic carbocycles. The first kappa shape index (κ1) is 25.3. The van der Waals surface area contributed by atoms with Crippen molar-refractivity contribution in [3.63, 3.8) is 0 Å². The first-order chi connectivity index (χ1) is 16.9. The number of hydrogen-bond donors (Lipinski definition) is 1. The molecule has 10 heteroatoms. The third-order valence-electron chi connectivity index (χ3n) is 5.85. The molecule has 1 N–H and O–H groups in total. The van der Waals surface area contributed by atoms with Gasteiger partial charge >= 0.3 is 0 Å². The lowest BCUT2D eigenvalue weighted by Gasteiger charge is -2.23. The topological polar surface area (TPSA) is 80.8 Å². The maximum atomic E-state index is 13.7. The molecule has 0 bridgehead atoms. The summed E-state index contributed by atoms with van der Waals surface area (Å²) < 4.78 is 10.8. The number of hydrogen-bond acceptors (Lipinski definition) is 6. The molecule has 2 aromatic carbocycles. The monoisotopic (exact) mass is 533 g/mol. The van der Waals surface area contributed by atoms with Gasteiger partial charge in [-0.25, -0.2) is 4.98 Å². The van der Waals surface area contributed by atoms with Crippen molar-refractivity contribution in [1.82, 2.24) is 10.3 Å². The normalized spacial score (nSPS) is 13.8. The number of nitrogens with one attached hydrogen (secondary N) is 1. The summed E-state index contributed by atoms with van der Waals surface area (Å²) >= 11 is 13.6. The highest BCUT2D eigenvalue weighted by Gasteiger charge is 2.27. The number of ether oxygens (including phenoxy) is 2. The number of nitrogens with zero attached hydrogens (tertiary/aromatic N) is 2. The molecule has 1 aromatic heterocycles. The van der Waals surface area contributed by atoms with E-state index in [2.05, 4.69) is 10.3 Å². The van der Waals surface area contributed by atoms with Crippen LogP contribution in [0.25, 0.3) is 0 Å². The van der Waals surface area contributed by atoms with E-state index < -0.39 is 5.91 Å². The minimum Gasteiger partial charge on any atom is -0.493 e. The lowest BCUT2D eigenvalue weighted by molar-refractivity contribution is 0.0921. The number of carbonyl (C=O) groups is 2. The fraction of sp³-hybridized carbons (Fsp3) is 0.320. The van der Waals surface area contributed by atoms with E-state index in [0.717, 1.165) is 25.7 Å². The molecular formula is C25H25Cl2N3O4S. The Morgan fingerprint density at radius 2 is 1.77 bits per heavy atom. The predicted octanol–water partition coefficient (Wildman–Crippen LogP) is 6.51. The average molecular weight is 534 g/mol. The number of anilines is 2. The van der Waals surface area contributed by atoms with E-state index in [0.29, 0.717) is 27.3 Å². The summed E-state index contributed by atoms with van der Waals surface area (Å²) in [6, 6.07) is 9.90. The van der Waals surface area contributed by atoms with Crippen molar-refractivity contribution in [2.45, 2.75) is 38.1 Å². The van der Waals surface area contributed by atoms with Crippen LogP contribution in [0.15, 0.2) is 41.8 Å². The van der Waals surface area contributed by atoms with Crippen LogP contribution in [0.2, 0.25) is 10.0 Å². The minimum absolute atomic E-state index is 0.151. The quantitative estimate of drug-likeness (QED) is 0.374. The summed E-state index contributed by atoms with van der Waals surface area (Å²) in [5.41, 5.74) is 0.984. The van der Waals surface area contributed by atoms with Crippen LogP contribution in [0, 0.1) is 0 Å². The van der Waals surface area contributed by atoms with Crippen molar-refractivity contribution in [2.75, 3.05) is 19.1 Å². The van der Waals surface area contributed by atoms with E-state index in [1.54, 1.807) is 35.7 Å². The first-order valence-corrected chi connectivity index (χ1v) is 12.8. The maximum absolute atomic E-state index is 13.7. The van der Waals surface area contributed by atoms with E-state index in [1.807, 2.05) is 0 Å². The molecule has 1 heterocycles. The number of thiazole rings is 1. The van der Waals surface area contributed by atoms with Crippen LogP contribution >= 0.6 is 34.5 Å². The van der Waals surface area contributed by atoms with Crippen molar-refractivity contribution < 1.29 is 19.1 Å². The smallest absolute Gasteiger partial charge is 0.271 e. The van der Waals surface area contributed by atoms with E-state index >= 15 is 0 Å². The second-order valence-corrected chi connectivity index (χ2v) is 9.81. The largest absolute Gasteiger partial charge is 0.493 e. The molecule has 0 saturated heterocycles. The van der Waals surface area contributed by atoms with Gasteiger partial charge in [-0.15, -0.1) is 11.3 Å². The van der Waals surface area contributed by atoms with E-state index in [1.165, 1.54) is 42.9 Å². The first-order valence-electron chi connectivity index (χ1n) is 11.2. The highest BCUT2D eigenvalue weighted by Crippen LogP contribution is 2.37. The number of halogens is 2. The van der Waals surface area contributed by atoms with E-state index in [9.17, 15) is 9.59 Å². The molecule has 184 valence electrons. The van der Waals surface area contributed by atoms with Crippen LogP contribution in [0.3, 0.4) is 0 Å². The molecule has 0 atom stereocenters. The van der Waals surface area contributed by atoms with Gasteiger partial charge in [0.25, 0.3) is 11.8 Å². The van der Waals surface area contributed by atoms with Crippen molar-refractivity contribution >= 4 is 57.2 Å². The summed E-state index contributed by atoms with van der Waals surface area (Å²) in [6.45, 7) is 0. The molecule has 3 aromatic rings. The number of carbonyl (C=O) groups excluding carboxylic acids is 2. The summed E-state index contributed by atoms with van der Waals surface area (Å²) in [5.74, 6) is 0.285. The summed E-state index contributed by atoms with van der Waals surface area (Å²) in [7, 11) is 3.05. The standard InChI is InChI=1S/C25H25Cl2N3O4S/c1-33-21-11-9-17(13-22(21)34-2)30(24(32)18-10-8-15(26)12-19(18)27)25-29-20(14-35-25)23(31)28-16-6-4-3-5-7-16/h8-14,16H,3-7H2,1-2H3,(H,28,31). The van der Waals surface area contributed by atoms with Crippen LogP contribution in [0.4, 0.5) is 10.8 Å². The SMILES string of the molecule is COc1ccc(N(C(=O)c2ccc(Cl)cc2Cl)c2nc(C(=O)NC3CCCCC3)cs2)cc1OC. The third kappa shape index (κ3) is 5.72. The van der Waals surface area contributed by atoms with Crippen molar-refractivity contribution in [3.8, 4) is 11.5 Å². The van der Waals surface area contributed by atoms with Gasteiger partial charge in [-0.2, -0.15) is 0 Å². The molecule has 35 heavy (non-hydrogen) atoms. The van der Waals surface area contributed by atoms with Crippen LogP contribution in [0.1, 0.15) is 53.0 Å². The molecule has 0 radical (unpaired) electrons. The summed E-state index contributed by atoms with van der Waals surface area (Å²) in [6.07, 6.45) is 5.35. The van der Waals surface area contributed by atoms with Gasteiger partial charge in [0.15, 0.2) is 16.6 Å². The molecule has 1 fully saturated rings. The van der Waals surface area contributed by atoms with Gasteiger partial charge in [0.2, 0.25) is 0 Å². The lowest BCUT2D eigenvalue weighted by Crippen LogP contribution is -2.36. The Labute approximate surface area is 218 Å². The maximum Gasteiger partial charge on any atom is 0.271 e. The van der Waals surface area contributed by atoms with Gasteiger partial charge in [-0.05, 0) is 43.2 Å². The van der Waals surface area contributed by atoms with Crippen LogP contribution in [-0.2, 0) is 0 Å². The number of aromatic nitrogens is 1. The summed E-state index contributed by atoms with van der Waals surface area (Å²) in [4.78, 5) is 32.5. The van der Waals surface area contributed by atoms with Gasteiger partial charge in [0, 0.05) is 22.5 Å². The Morgan fingerprint density at radius 3 is 2.46 bits per heavy atom. The zero-order valence-corrected chi connectivity index (χ0v) is 21.7. The Balaban J connectivity index is 1.71. The number of methoxy groups -OCH3 is 2. The third-order valence-corrected chi connectivity index (χ3v) is 7.22. The van der Waals surface area contributed by atoms with Crippen LogP contribution in [0.5, 0.6) is 11.5 Å².